The van der Waals surface area contributed by atoms with Gasteiger partial charge in [0.05, 0.1) is 0 Å². The van der Waals surface area contributed by atoms with E-state index in [1.807, 2.05) is 6.92 Å². The molecule has 0 saturated heterocycles. The molecule has 0 bridgehead atoms. The predicted octanol–water partition coefficient (Wildman–Crippen LogP) is 4.78. The highest BCUT2D eigenvalue weighted by atomic mass is 32.1. The molecule has 0 aliphatic heterocycles. The standard InChI is InChI=1S/C14H20S2/c1-7-8(2)10(4)13(11(5)9(7)3)14(16)12(6)15/h15-16H,1-6H3/b14-12-. The van der Waals surface area contributed by atoms with Crippen LogP contribution in [0.25, 0.3) is 4.91 Å². The lowest BCUT2D eigenvalue weighted by molar-refractivity contribution is 1.16. The van der Waals surface area contributed by atoms with Crippen LogP contribution >= 0.6 is 25.3 Å². The van der Waals surface area contributed by atoms with Crippen LogP contribution in [0.4, 0.5) is 0 Å². The van der Waals surface area contributed by atoms with E-state index in [4.69, 9.17) is 0 Å². The smallest absolute Gasteiger partial charge is 0.0208 e. The van der Waals surface area contributed by atoms with E-state index in [-0.39, 0.29) is 0 Å². The molecule has 0 aliphatic carbocycles. The predicted molar refractivity (Wildman–Crippen MR) is 80.7 cm³/mol. The highest BCUT2D eigenvalue weighted by Gasteiger charge is 2.14. The van der Waals surface area contributed by atoms with Crippen molar-refractivity contribution in [1.29, 1.82) is 0 Å². The normalized spacial score (nSPS) is 12.8. The number of hydrogen-bond donors (Lipinski definition) is 2. The average Bonchev–Trinajstić information content (AvgIpc) is 2.23. The van der Waals surface area contributed by atoms with Gasteiger partial charge in [-0.2, -0.15) is 0 Å². The molecule has 0 nitrogen and oxygen atoms in total. The second-order valence-corrected chi connectivity index (χ2v) is 5.55. The van der Waals surface area contributed by atoms with E-state index in [0.717, 1.165) is 9.81 Å². The largest absolute Gasteiger partial charge is 0.147 e. The number of hydrogen-bond acceptors (Lipinski definition) is 2. The molecule has 16 heavy (non-hydrogen) atoms. The Morgan fingerprint density at radius 1 is 0.688 bits per heavy atom. The third-order valence-electron chi connectivity index (χ3n) is 3.58. The highest BCUT2D eigenvalue weighted by Crippen LogP contribution is 2.34. The Bertz CT molecular complexity index is 435. The van der Waals surface area contributed by atoms with Gasteiger partial charge >= 0.3 is 0 Å². The Hall–Kier alpha value is -0.340. The van der Waals surface area contributed by atoms with Crippen LogP contribution in [0.15, 0.2) is 4.91 Å². The van der Waals surface area contributed by atoms with Gasteiger partial charge in [-0.1, -0.05) is 0 Å². The molecule has 0 N–H and O–H groups in total. The summed E-state index contributed by atoms with van der Waals surface area (Å²) >= 11 is 8.98. The third-order valence-corrected chi connectivity index (χ3v) is 4.54. The van der Waals surface area contributed by atoms with Gasteiger partial charge in [0.1, 0.15) is 0 Å². The third kappa shape index (κ3) is 2.18. The first-order chi connectivity index (χ1) is 7.29. The van der Waals surface area contributed by atoms with Crippen molar-refractivity contribution in [2.24, 2.45) is 0 Å². The summed E-state index contributed by atoms with van der Waals surface area (Å²) in [6, 6.07) is 0. The molecule has 1 aromatic rings. The molecule has 0 aliphatic rings. The zero-order valence-electron chi connectivity index (χ0n) is 10.9. The van der Waals surface area contributed by atoms with Gasteiger partial charge in [-0.15, -0.1) is 25.3 Å². The summed E-state index contributed by atoms with van der Waals surface area (Å²) in [5.41, 5.74) is 7.99. The van der Waals surface area contributed by atoms with Crippen molar-refractivity contribution in [3.63, 3.8) is 0 Å². The van der Waals surface area contributed by atoms with Gasteiger partial charge in [-0.3, -0.25) is 0 Å². The first kappa shape index (κ1) is 13.7. The van der Waals surface area contributed by atoms with Gasteiger partial charge in [0, 0.05) is 4.91 Å². The number of thiol groups is 2. The van der Waals surface area contributed by atoms with Crippen molar-refractivity contribution < 1.29 is 0 Å². The first-order valence-electron chi connectivity index (χ1n) is 5.45. The maximum absolute atomic E-state index is 4.59. The maximum atomic E-state index is 4.59. The summed E-state index contributed by atoms with van der Waals surface area (Å²) in [6.45, 7) is 12.8. The zero-order chi connectivity index (χ0) is 12.6. The van der Waals surface area contributed by atoms with Crippen molar-refractivity contribution in [2.45, 2.75) is 41.5 Å². The summed E-state index contributed by atoms with van der Waals surface area (Å²) < 4.78 is 0. The van der Waals surface area contributed by atoms with Crippen molar-refractivity contribution in [2.75, 3.05) is 0 Å². The van der Waals surface area contributed by atoms with Crippen LogP contribution in [0.2, 0.25) is 0 Å². The van der Waals surface area contributed by atoms with Crippen LogP contribution in [0.3, 0.4) is 0 Å². The van der Waals surface area contributed by atoms with Crippen LogP contribution in [-0.2, 0) is 0 Å². The Morgan fingerprint density at radius 2 is 1.00 bits per heavy atom. The summed E-state index contributed by atoms with van der Waals surface area (Å²) in [4.78, 5) is 1.96. The Balaban J connectivity index is 3.72. The Kier molecular flexibility index (Phi) is 4.19. The number of rotatable bonds is 1. The maximum Gasteiger partial charge on any atom is 0.0208 e. The van der Waals surface area contributed by atoms with Crippen molar-refractivity contribution in [1.82, 2.24) is 0 Å². The molecule has 1 rings (SSSR count). The molecule has 0 fully saturated rings. The van der Waals surface area contributed by atoms with Crippen molar-refractivity contribution in [3.05, 3.63) is 38.3 Å². The molecule has 0 heterocycles. The lowest BCUT2D eigenvalue weighted by Crippen LogP contribution is -2.01. The molecule has 0 saturated carbocycles. The van der Waals surface area contributed by atoms with Gasteiger partial charge < -0.3 is 0 Å². The molecule has 0 atom stereocenters. The molecule has 0 spiro atoms. The highest BCUT2D eigenvalue weighted by molar-refractivity contribution is 7.93. The summed E-state index contributed by atoms with van der Waals surface area (Å²) in [5, 5.41) is 0. The molecular weight excluding hydrogens is 232 g/mol. The SMILES string of the molecule is C/C(S)=C(/S)c1c(C)c(C)c(C)c(C)c1C. The molecule has 1 aromatic carbocycles. The fourth-order valence-corrected chi connectivity index (χ4v) is 2.48. The number of allylic oxidation sites excluding steroid dienone is 1. The van der Waals surface area contributed by atoms with Crippen molar-refractivity contribution in [3.8, 4) is 0 Å². The van der Waals surface area contributed by atoms with E-state index in [9.17, 15) is 0 Å². The summed E-state index contributed by atoms with van der Waals surface area (Å²) in [6.07, 6.45) is 0. The van der Waals surface area contributed by atoms with Crippen LogP contribution in [0, 0.1) is 34.6 Å². The van der Waals surface area contributed by atoms with E-state index in [0.29, 0.717) is 0 Å². The monoisotopic (exact) mass is 252 g/mol. The number of benzene rings is 1. The minimum atomic E-state index is 0.970. The Labute approximate surface area is 110 Å². The van der Waals surface area contributed by atoms with Crippen molar-refractivity contribution >= 4 is 30.2 Å². The Morgan fingerprint density at radius 3 is 1.31 bits per heavy atom. The van der Waals surface area contributed by atoms with Crippen LogP contribution < -0.4 is 0 Å². The van der Waals surface area contributed by atoms with Gasteiger partial charge in [0.2, 0.25) is 0 Å². The van der Waals surface area contributed by atoms with E-state index in [1.165, 1.54) is 33.4 Å². The molecule has 0 unspecified atom stereocenters. The fraction of sp³-hybridized carbons (Fsp3) is 0.429. The zero-order valence-corrected chi connectivity index (χ0v) is 12.7. The lowest BCUT2D eigenvalue weighted by Gasteiger charge is -2.19. The van der Waals surface area contributed by atoms with Gasteiger partial charge in [0.15, 0.2) is 0 Å². The molecule has 0 aromatic heterocycles. The minimum absolute atomic E-state index is 0.970. The molecular formula is C14H20S2. The molecule has 88 valence electrons. The van der Waals surface area contributed by atoms with E-state index in [2.05, 4.69) is 59.9 Å². The topological polar surface area (TPSA) is 0 Å². The summed E-state index contributed by atoms with van der Waals surface area (Å²) in [5.74, 6) is 0. The molecule has 2 heteroatoms. The van der Waals surface area contributed by atoms with Gasteiger partial charge in [-0.25, -0.2) is 0 Å². The van der Waals surface area contributed by atoms with Gasteiger partial charge in [-0.05, 0) is 79.8 Å². The quantitative estimate of drug-likeness (QED) is 0.660. The van der Waals surface area contributed by atoms with E-state index >= 15 is 0 Å². The van der Waals surface area contributed by atoms with Gasteiger partial charge in [0.25, 0.3) is 0 Å². The summed E-state index contributed by atoms with van der Waals surface area (Å²) in [7, 11) is 0. The molecule has 0 radical (unpaired) electrons. The van der Waals surface area contributed by atoms with Crippen LogP contribution in [-0.4, -0.2) is 0 Å². The first-order valence-corrected chi connectivity index (χ1v) is 6.34. The van der Waals surface area contributed by atoms with E-state index < -0.39 is 0 Å². The molecule has 0 amide bonds. The minimum Gasteiger partial charge on any atom is -0.147 e. The van der Waals surface area contributed by atoms with Crippen LogP contribution in [0.5, 0.6) is 0 Å². The second-order valence-electron chi connectivity index (χ2n) is 4.43. The lowest BCUT2D eigenvalue weighted by atomic mass is 9.89. The second kappa shape index (κ2) is 4.89. The fourth-order valence-electron chi connectivity index (χ4n) is 2.04. The van der Waals surface area contributed by atoms with Crippen LogP contribution in [0.1, 0.15) is 40.3 Å². The van der Waals surface area contributed by atoms with E-state index in [1.54, 1.807) is 0 Å². The average molecular weight is 252 g/mol.